The van der Waals surface area contributed by atoms with Crippen molar-refractivity contribution in [3.05, 3.63) is 39.9 Å². The minimum Gasteiger partial charge on any atom is -0.462 e. The fourth-order valence-corrected chi connectivity index (χ4v) is 1.65. The molecule has 5 nitrogen and oxygen atoms in total. The predicted molar refractivity (Wildman–Crippen MR) is 63.1 cm³/mol. The lowest BCUT2D eigenvalue weighted by Crippen LogP contribution is -2.18. The Morgan fingerprint density at radius 1 is 1.53 bits per heavy atom. The Balaban J connectivity index is 2.67. The van der Waals surface area contributed by atoms with E-state index >= 15 is 0 Å². The van der Waals surface area contributed by atoms with Gasteiger partial charge >= 0.3 is 5.97 Å². The molecule has 2 aromatic rings. The highest BCUT2D eigenvalue weighted by molar-refractivity contribution is 5.93. The monoisotopic (exact) mass is 232 g/mol. The molecule has 0 saturated carbocycles. The molecule has 2 rings (SSSR count). The molecule has 0 amide bonds. The number of aromatic nitrogens is 2. The maximum Gasteiger partial charge on any atom is 0.343 e. The molecule has 17 heavy (non-hydrogen) atoms. The Kier molecular flexibility index (Phi) is 2.91. The number of nitrogens with one attached hydrogen (secondary N) is 1. The van der Waals surface area contributed by atoms with E-state index in [0.717, 1.165) is 5.69 Å². The van der Waals surface area contributed by atoms with Gasteiger partial charge in [0.05, 0.1) is 17.8 Å². The Hall–Kier alpha value is -2.17. The van der Waals surface area contributed by atoms with Crippen molar-refractivity contribution in [1.29, 1.82) is 0 Å². The number of carbonyl (C=O) groups is 1. The Labute approximate surface area is 97.4 Å². The lowest BCUT2D eigenvalue weighted by atomic mass is 10.1. The fourth-order valence-electron chi connectivity index (χ4n) is 1.65. The number of hydrogen-bond acceptors (Lipinski definition) is 4. The van der Waals surface area contributed by atoms with Crippen LogP contribution in [0, 0.1) is 6.92 Å². The van der Waals surface area contributed by atoms with Crippen LogP contribution < -0.4 is 5.43 Å². The topological polar surface area (TPSA) is 72.1 Å². The number of esters is 1. The second kappa shape index (κ2) is 4.37. The number of hydrogen-bond donors (Lipinski definition) is 1. The van der Waals surface area contributed by atoms with Crippen LogP contribution in [0.5, 0.6) is 0 Å². The molecule has 2 heterocycles. The van der Waals surface area contributed by atoms with Crippen LogP contribution >= 0.6 is 0 Å². The highest BCUT2D eigenvalue weighted by atomic mass is 16.5. The molecule has 1 N–H and O–H groups in total. The number of rotatable bonds is 2. The molecule has 2 aromatic heterocycles. The van der Waals surface area contributed by atoms with Gasteiger partial charge in [0.2, 0.25) is 5.43 Å². The number of aryl methyl sites for hydroxylation is 1. The van der Waals surface area contributed by atoms with Gasteiger partial charge in [0, 0.05) is 17.8 Å². The van der Waals surface area contributed by atoms with Crippen LogP contribution in [0.15, 0.2) is 23.3 Å². The molecule has 0 aliphatic rings. The minimum absolute atomic E-state index is 0.0185. The van der Waals surface area contributed by atoms with Crippen molar-refractivity contribution >= 4 is 16.9 Å². The molecular weight excluding hydrogens is 220 g/mol. The number of fused-ring (bicyclic) bond motifs is 1. The van der Waals surface area contributed by atoms with Crippen molar-refractivity contribution in [3.63, 3.8) is 0 Å². The first-order valence-corrected chi connectivity index (χ1v) is 5.29. The van der Waals surface area contributed by atoms with Crippen LogP contribution in [-0.2, 0) is 4.74 Å². The van der Waals surface area contributed by atoms with Crippen molar-refractivity contribution in [2.24, 2.45) is 0 Å². The summed E-state index contributed by atoms with van der Waals surface area (Å²) in [5.41, 5.74) is 1.05. The largest absolute Gasteiger partial charge is 0.462 e. The van der Waals surface area contributed by atoms with E-state index in [0.29, 0.717) is 10.9 Å². The molecule has 0 unspecified atom stereocenters. The van der Waals surface area contributed by atoms with Crippen LogP contribution in [0.25, 0.3) is 10.9 Å². The van der Waals surface area contributed by atoms with Crippen molar-refractivity contribution in [3.8, 4) is 0 Å². The van der Waals surface area contributed by atoms with Gasteiger partial charge in [0.15, 0.2) is 0 Å². The van der Waals surface area contributed by atoms with E-state index in [4.69, 9.17) is 4.74 Å². The summed E-state index contributed by atoms with van der Waals surface area (Å²) in [5, 5.41) is 0.447. The van der Waals surface area contributed by atoms with Crippen LogP contribution in [0.2, 0.25) is 0 Å². The summed E-state index contributed by atoms with van der Waals surface area (Å²) in [6, 6.07) is 1.59. The third kappa shape index (κ3) is 1.91. The smallest absolute Gasteiger partial charge is 0.343 e. The SMILES string of the molecule is CCOC(=O)c1c[nH]c2c(C)nccc2c1=O. The van der Waals surface area contributed by atoms with Crippen molar-refractivity contribution < 1.29 is 9.53 Å². The van der Waals surface area contributed by atoms with Gasteiger partial charge in [0.25, 0.3) is 0 Å². The summed E-state index contributed by atoms with van der Waals surface area (Å²) >= 11 is 0. The molecule has 0 aliphatic heterocycles. The van der Waals surface area contributed by atoms with Crippen molar-refractivity contribution in [2.75, 3.05) is 6.61 Å². The summed E-state index contributed by atoms with van der Waals surface area (Å²) in [4.78, 5) is 30.6. The van der Waals surface area contributed by atoms with E-state index in [-0.39, 0.29) is 17.6 Å². The fraction of sp³-hybridized carbons (Fsp3) is 0.250. The number of H-pyrrole nitrogens is 1. The molecule has 0 spiro atoms. The maximum atomic E-state index is 12.0. The lowest BCUT2D eigenvalue weighted by Gasteiger charge is -2.04. The van der Waals surface area contributed by atoms with E-state index in [9.17, 15) is 9.59 Å². The summed E-state index contributed by atoms with van der Waals surface area (Å²) in [5.74, 6) is -0.606. The van der Waals surface area contributed by atoms with Gasteiger partial charge in [-0.15, -0.1) is 0 Å². The molecule has 0 fully saturated rings. The molecule has 0 bridgehead atoms. The third-order valence-electron chi connectivity index (χ3n) is 2.49. The van der Waals surface area contributed by atoms with Crippen LogP contribution in [0.4, 0.5) is 0 Å². The predicted octanol–water partition coefficient (Wildman–Crippen LogP) is 1.41. The second-order valence-electron chi connectivity index (χ2n) is 3.57. The highest BCUT2D eigenvalue weighted by Gasteiger charge is 2.14. The second-order valence-corrected chi connectivity index (χ2v) is 3.57. The van der Waals surface area contributed by atoms with E-state index in [2.05, 4.69) is 9.97 Å². The number of nitrogens with zero attached hydrogens (tertiary/aromatic N) is 1. The van der Waals surface area contributed by atoms with E-state index in [1.165, 1.54) is 6.20 Å². The normalized spacial score (nSPS) is 10.5. The van der Waals surface area contributed by atoms with E-state index in [1.807, 2.05) is 0 Å². The number of carbonyl (C=O) groups excluding carboxylic acids is 1. The van der Waals surface area contributed by atoms with E-state index in [1.54, 1.807) is 26.1 Å². The first-order chi connectivity index (χ1) is 8.15. The molecule has 0 saturated heterocycles. The number of pyridine rings is 2. The van der Waals surface area contributed by atoms with Gasteiger partial charge in [-0.1, -0.05) is 0 Å². The molecule has 0 aliphatic carbocycles. The molecule has 0 aromatic carbocycles. The molecule has 5 heteroatoms. The van der Waals surface area contributed by atoms with Gasteiger partial charge in [-0.05, 0) is 19.9 Å². The Bertz CT molecular complexity index is 631. The van der Waals surface area contributed by atoms with Gasteiger partial charge < -0.3 is 9.72 Å². The zero-order valence-corrected chi connectivity index (χ0v) is 9.61. The summed E-state index contributed by atoms with van der Waals surface area (Å²) in [7, 11) is 0. The standard InChI is InChI=1S/C12H12N2O3/c1-3-17-12(16)9-6-14-10-7(2)13-5-4-8(10)11(9)15/h4-6H,3H2,1-2H3,(H,14,15). The zero-order chi connectivity index (χ0) is 12.4. The summed E-state index contributed by atoms with van der Waals surface area (Å²) in [6.07, 6.45) is 2.92. The van der Waals surface area contributed by atoms with Gasteiger partial charge in [-0.25, -0.2) is 4.79 Å². The van der Waals surface area contributed by atoms with Crippen LogP contribution in [0.1, 0.15) is 23.0 Å². The summed E-state index contributed by atoms with van der Waals surface area (Å²) in [6.45, 7) is 3.73. The third-order valence-corrected chi connectivity index (χ3v) is 2.49. The van der Waals surface area contributed by atoms with E-state index < -0.39 is 5.97 Å². The van der Waals surface area contributed by atoms with Gasteiger partial charge in [-0.2, -0.15) is 0 Å². The molecule has 0 radical (unpaired) electrons. The maximum absolute atomic E-state index is 12.0. The van der Waals surface area contributed by atoms with Crippen LogP contribution in [-0.4, -0.2) is 22.5 Å². The van der Waals surface area contributed by atoms with Crippen molar-refractivity contribution in [2.45, 2.75) is 13.8 Å². The molecular formula is C12H12N2O3. The van der Waals surface area contributed by atoms with Crippen molar-refractivity contribution in [1.82, 2.24) is 9.97 Å². The average Bonchev–Trinajstić information content (AvgIpc) is 2.31. The molecule has 88 valence electrons. The molecule has 0 atom stereocenters. The quantitative estimate of drug-likeness (QED) is 0.794. The Morgan fingerprint density at radius 3 is 3.00 bits per heavy atom. The minimum atomic E-state index is -0.606. The zero-order valence-electron chi connectivity index (χ0n) is 9.61. The first kappa shape index (κ1) is 11.3. The van der Waals surface area contributed by atoms with Gasteiger partial charge in [-0.3, -0.25) is 9.78 Å². The average molecular weight is 232 g/mol. The lowest BCUT2D eigenvalue weighted by molar-refractivity contribution is 0.0524. The van der Waals surface area contributed by atoms with Crippen LogP contribution in [0.3, 0.4) is 0 Å². The summed E-state index contributed by atoms with van der Waals surface area (Å²) < 4.78 is 4.81. The highest BCUT2D eigenvalue weighted by Crippen LogP contribution is 2.10. The first-order valence-electron chi connectivity index (χ1n) is 5.29. The number of ether oxygens (including phenoxy) is 1. The number of aromatic amines is 1. The Morgan fingerprint density at radius 2 is 2.29 bits per heavy atom. The van der Waals surface area contributed by atoms with Gasteiger partial charge in [0.1, 0.15) is 5.56 Å².